The van der Waals surface area contributed by atoms with Gasteiger partial charge in [-0.25, -0.2) is 0 Å². The van der Waals surface area contributed by atoms with Crippen LogP contribution in [-0.4, -0.2) is 9.67 Å². The zero-order valence-corrected chi connectivity index (χ0v) is 8.03. The molecule has 0 saturated heterocycles. The average molecular weight is 224 g/mol. The van der Waals surface area contributed by atoms with Gasteiger partial charge in [0.15, 0.2) is 0 Å². The molecule has 1 heterocycles. The van der Waals surface area contributed by atoms with Gasteiger partial charge in [-0.15, -0.1) is 0 Å². The van der Waals surface area contributed by atoms with Crippen molar-refractivity contribution in [3.63, 3.8) is 0 Å². The topological polar surface area (TPSA) is 42.2 Å². The van der Waals surface area contributed by atoms with E-state index in [2.05, 4.69) is 0 Å². The van der Waals surface area contributed by atoms with E-state index in [1.807, 2.05) is 0 Å². The molecule has 0 aliphatic heterocycles. The lowest BCUT2D eigenvalue weighted by Crippen LogP contribution is -2.17. The maximum Gasteiger partial charge on any atom is 0.255 e. The second kappa shape index (κ2) is 4.33. The Morgan fingerprint density at radius 3 is 2.81 bits per heavy atom. The number of nitrogens with zero attached hydrogens (tertiary/aromatic N) is 1. The van der Waals surface area contributed by atoms with Gasteiger partial charge in [0.25, 0.3) is 5.56 Å². The van der Waals surface area contributed by atoms with Crippen molar-refractivity contribution in [1.82, 2.24) is 4.57 Å². The third-order valence-corrected chi connectivity index (χ3v) is 1.89. The first kappa shape index (κ1) is 4.18. The number of rotatable bonds is 2. The van der Waals surface area contributed by atoms with Crippen molar-refractivity contribution in [2.75, 3.05) is 0 Å². The standard InChI is InChI=1S/C13H13NO2/c1-10-2-5-12(6-3-10)14-8-11(9-15)4-7-13(14)16/h2-8,15H,9H2,1H3/i1D3,2D,3D,5D,6D,9D2. The van der Waals surface area contributed by atoms with Crippen LogP contribution >= 0.6 is 0 Å². The normalized spacial score (nSPS) is 20.2. The Bertz CT molecular complexity index is 867. The first-order valence-corrected chi connectivity index (χ1v) is 4.33. The van der Waals surface area contributed by atoms with Crippen LogP contribution in [0, 0.1) is 6.85 Å². The van der Waals surface area contributed by atoms with Crippen LogP contribution in [0.1, 0.15) is 23.5 Å². The fourth-order valence-corrected chi connectivity index (χ4v) is 1.15. The fraction of sp³-hybridized carbons (Fsp3) is 0.154. The smallest absolute Gasteiger partial charge is 0.255 e. The molecule has 0 spiro atoms. The quantitative estimate of drug-likeness (QED) is 0.842. The van der Waals surface area contributed by atoms with Gasteiger partial charge >= 0.3 is 0 Å². The van der Waals surface area contributed by atoms with Crippen molar-refractivity contribution >= 4 is 0 Å². The third-order valence-electron chi connectivity index (χ3n) is 1.89. The molecule has 0 aliphatic carbocycles. The lowest BCUT2D eigenvalue weighted by Gasteiger charge is -2.07. The number of benzene rings is 1. The molecule has 1 aromatic heterocycles. The number of hydrogen-bond acceptors (Lipinski definition) is 2. The molecule has 0 aliphatic rings. The van der Waals surface area contributed by atoms with Crippen molar-refractivity contribution in [2.45, 2.75) is 13.4 Å². The third kappa shape index (κ3) is 2.04. The Balaban J connectivity index is 2.89. The van der Waals surface area contributed by atoms with E-state index in [4.69, 9.17) is 12.3 Å². The van der Waals surface area contributed by atoms with Crippen molar-refractivity contribution in [1.29, 1.82) is 0 Å². The molecule has 2 rings (SSSR count). The highest BCUT2D eigenvalue weighted by molar-refractivity contribution is 5.35. The van der Waals surface area contributed by atoms with E-state index in [0.29, 0.717) is 4.57 Å². The molecule has 82 valence electrons. The lowest BCUT2D eigenvalue weighted by molar-refractivity contribution is 0.281. The molecule has 1 aromatic carbocycles. The molecule has 3 heteroatoms. The lowest BCUT2D eigenvalue weighted by atomic mass is 10.2. The molecule has 0 saturated carbocycles. The highest BCUT2D eigenvalue weighted by Gasteiger charge is 2.00. The van der Waals surface area contributed by atoms with Crippen LogP contribution in [0.5, 0.6) is 0 Å². The Morgan fingerprint density at radius 2 is 2.19 bits per heavy atom. The molecular weight excluding hydrogens is 202 g/mol. The summed E-state index contributed by atoms with van der Waals surface area (Å²) in [4.78, 5) is 12.1. The van der Waals surface area contributed by atoms with E-state index >= 15 is 0 Å². The summed E-state index contributed by atoms with van der Waals surface area (Å²) in [7, 11) is 0. The van der Waals surface area contributed by atoms with Crippen molar-refractivity contribution in [3.8, 4) is 5.69 Å². The summed E-state index contributed by atoms with van der Waals surface area (Å²) in [6, 6.07) is -1.24. The maximum atomic E-state index is 12.1. The Hall–Kier alpha value is -1.87. The summed E-state index contributed by atoms with van der Waals surface area (Å²) in [5.41, 5.74) is -2.44. The molecule has 16 heavy (non-hydrogen) atoms. The van der Waals surface area contributed by atoms with Crippen LogP contribution in [-0.2, 0) is 6.56 Å². The summed E-state index contributed by atoms with van der Waals surface area (Å²) in [6.07, 6.45) is 0.849. The number of aliphatic hydroxyl groups is 1. The summed E-state index contributed by atoms with van der Waals surface area (Å²) in [5.74, 6) is 0. The van der Waals surface area contributed by atoms with Crippen molar-refractivity contribution < 1.29 is 17.4 Å². The van der Waals surface area contributed by atoms with Crippen LogP contribution in [0.15, 0.2) is 47.3 Å². The zero-order valence-electron chi connectivity index (χ0n) is 17.0. The Labute approximate surface area is 106 Å². The van der Waals surface area contributed by atoms with Gasteiger partial charge in [-0.3, -0.25) is 9.36 Å². The van der Waals surface area contributed by atoms with Gasteiger partial charge in [0.05, 0.1) is 14.8 Å². The first-order valence-electron chi connectivity index (χ1n) is 8.83. The van der Waals surface area contributed by atoms with Crippen LogP contribution in [0.4, 0.5) is 0 Å². The molecule has 3 nitrogen and oxygen atoms in total. The second-order valence-electron chi connectivity index (χ2n) is 2.96. The molecule has 0 radical (unpaired) electrons. The van der Waals surface area contributed by atoms with Crippen molar-refractivity contribution in [3.05, 3.63) is 64.0 Å². The Kier molecular flexibility index (Phi) is 1.13. The van der Waals surface area contributed by atoms with Gasteiger partial charge in [0.1, 0.15) is 0 Å². The predicted molar refractivity (Wildman–Crippen MR) is 62.7 cm³/mol. The van der Waals surface area contributed by atoms with Gasteiger partial charge in [0.2, 0.25) is 0 Å². The highest BCUT2D eigenvalue weighted by atomic mass is 16.3. The first-order chi connectivity index (χ1) is 11.3. The Morgan fingerprint density at radius 1 is 1.44 bits per heavy atom. The number of hydrogen-bond donors (Lipinski definition) is 1. The summed E-state index contributed by atoms with van der Waals surface area (Å²) in [5, 5.41) is 9.43. The van der Waals surface area contributed by atoms with Crippen LogP contribution in [0.3, 0.4) is 0 Å². The van der Waals surface area contributed by atoms with E-state index in [1.54, 1.807) is 0 Å². The number of aromatic nitrogens is 1. The summed E-state index contributed by atoms with van der Waals surface area (Å²) >= 11 is 0. The van der Waals surface area contributed by atoms with E-state index < -0.39 is 54.4 Å². The van der Waals surface area contributed by atoms with Gasteiger partial charge in [0, 0.05) is 22.1 Å². The molecule has 1 N–H and O–H groups in total. The molecule has 0 amide bonds. The SMILES string of the molecule is [2H]c1c([2H])c(C([2H])([2H])[2H])c([2H])c([2H])c1-n1cc(C([2H])([2H])O)ccc1=O. The summed E-state index contributed by atoms with van der Waals surface area (Å²) < 4.78 is 68.9. The fourth-order valence-electron chi connectivity index (χ4n) is 1.15. The number of pyridine rings is 1. The molecule has 0 fully saturated rings. The van der Waals surface area contributed by atoms with Gasteiger partial charge in [-0.2, -0.15) is 0 Å². The van der Waals surface area contributed by atoms with Gasteiger partial charge < -0.3 is 5.11 Å². The van der Waals surface area contributed by atoms with Crippen LogP contribution in [0.2, 0.25) is 0 Å². The van der Waals surface area contributed by atoms with Crippen molar-refractivity contribution in [2.24, 2.45) is 0 Å². The minimum Gasteiger partial charge on any atom is -0.392 e. The molecule has 2 aromatic rings. The molecule has 0 atom stereocenters. The van der Waals surface area contributed by atoms with E-state index in [0.717, 1.165) is 18.3 Å². The maximum absolute atomic E-state index is 12.1. The van der Waals surface area contributed by atoms with E-state index in [9.17, 15) is 9.90 Å². The largest absolute Gasteiger partial charge is 0.392 e. The van der Waals surface area contributed by atoms with E-state index in [-0.39, 0.29) is 5.56 Å². The summed E-state index contributed by atoms with van der Waals surface area (Å²) in [6.45, 7) is -5.68. The monoisotopic (exact) mass is 224 g/mol. The van der Waals surface area contributed by atoms with E-state index in [1.165, 1.54) is 0 Å². The minimum absolute atomic E-state index is 0.344. The second-order valence-corrected chi connectivity index (χ2v) is 2.96. The van der Waals surface area contributed by atoms with Gasteiger partial charge in [-0.1, -0.05) is 17.6 Å². The highest BCUT2D eigenvalue weighted by Crippen LogP contribution is 2.08. The minimum atomic E-state index is -2.88. The molecule has 0 unspecified atom stereocenters. The molecular formula is C13H13NO2. The van der Waals surface area contributed by atoms with Gasteiger partial charge in [-0.05, 0) is 30.6 Å². The zero-order chi connectivity index (χ0) is 19.3. The van der Waals surface area contributed by atoms with Crippen LogP contribution in [0.25, 0.3) is 5.69 Å². The molecule has 0 bridgehead atoms. The predicted octanol–water partition coefficient (Wildman–Crippen LogP) is 1.64. The van der Waals surface area contributed by atoms with Crippen LogP contribution < -0.4 is 5.56 Å². The average Bonchev–Trinajstić information content (AvgIpc) is 2.45.